The maximum atomic E-state index is 12.8. The van der Waals surface area contributed by atoms with Crippen molar-refractivity contribution in [2.24, 2.45) is 0 Å². The lowest BCUT2D eigenvalue weighted by Crippen LogP contribution is -2.38. The Bertz CT molecular complexity index is 1060. The average molecular weight is 460 g/mol. The minimum Gasteiger partial charge on any atom is -0.468 e. The molecule has 164 valence electrons. The second-order valence-corrected chi connectivity index (χ2v) is 9.49. The molecule has 0 radical (unpaired) electrons. The minimum absolute atomic E-state index is 0.191. The quantitative estimate of drug-likeness (QED) is 0.457. The third kappa shape index (κ3) is 3.51. The molecule has 1 aliphatic carbocycles. The van der Waals surface area contributed by atoms with Gasteiger partial charge in [-0.25, -0.2) is 4.79 Å². The highest BCUT2D eigenvalue weighted by Crippen LogP contribution is 2.57. The first-order valence-corrected chi connectivity index (χ1v) is 11.6. The molecule has 31 heavy (non-hydrogen) atoms. The van der Waals surface area contributed by atoms with Gasteiger partial charge in [-0.15, -0.1) is 11.3 Å². The van der Waals surface area contributed by atoms with E-state index in [1.807, 2.05) is 39.0 Å². The van der Waals surface area contributed by atoms with Crippen LogP contribution in [0.15, 0.2) is 41.5 Å². The Balaban J connectivity index is 1.65. The molecule has 1 aromatic heterocycles. The van der Waals surface area contributed by atoms with Crippen molar-refractivity contribution in [3.05, 3.63) is 67.4 Å². The van der Waals surface area contributed by atoms with Crippen LogP contribution in [0.2, 0.25) is 5.02 Å². The Morgan fingerprint density at radius 2 is 1.97 bits per heavy atom. The van der Waals surface area contributed by atoms with Crippen LogP contribution in [0.25, 0.3) is 0 Å². The summed E-state index contributed by atoms with van der Waals surface area (Å²) < 4.78 is 10.5. The molecule has 0 saturated carbocycles. The van der Waals surface area contributed by atoms with Crippen molar-refractivity contribution in [3.63, 3.8) is 0 Å². The molecule has 0 spiro atoms. The van der Waals surface area contributed by atoms with Gasteiger partial charge in [-0.3, -0.25) is 9.69 Å². The monoisotopic (exact) mass is 459 g/mol. The summed E-state index contributed by atoms with van der Waals surface area (Å²) in [5.74, 6) is -0.519. The smallest absolute Gasteiger partial charge is 0.327 e. The number of carbonyl (C=O) groups excluding carboxylic acids is 2. The lowest BCUT2D eigenvalue weighted by molar-refractivity contribution is -0.148. The summed E-state index contributed by atoms with van der Waals surface area (Å²) in [6, 6.07) is 8.93. The zero-order valence-electron chi connectivity index (χ0n) is 18.2. The number of nitrogens with zero attached hydrogens (tertiary/aromatic N) is 1. The van der Waals surface area contributed by atoms with Gasteiger partial charge < -0.3 is 9.47 Å². The van der Waals surface area contributed by atoms with Gasteiger partial charge in [0.15, 0.2) is 0 Å². The van der Waals surface area contributed by atoms with E-state index in [9.17, 15) is 9.59 Å². The first-order chi connectivity index (χ1) is 14.9. The number of ether oxygens (including phenoxy) is 2. The van der Waals surface area contributed by atoms with E-state index in [1.54, 1.807) is 17.4 Å². The minimum atomic E-state index is -0.701. The Kier molecular flexibility index (Phi) is 5.99. The molecular weight excluding hydrogens is 434 g/mol. The summed E-state index contributed by atoms with van der Waals surface area (Å²) in [4.78, 5) is 29.9. The van der Waals surface area contributed by atoms with Gasteiger partial charge in [0.25, 0.3) is 0 Å². The number of halogens is 1. The first kappa shape index (κ1) is 22.1. The van der Waals surface area contributed by atoms with Crippen LogP contribution in [-0.4, -0.2) is 37.1 Å². The molecule has 2 heterocycles. The molecule has 5 nitrogen and oxygen atoms in total. The molecule has 0 N–H and O–H groups in total. The third-order valence-electron chi connectivity index (χ3n) is 6.46. The summed E-state index contributed by atoms with van der Waals surface area (Å²) in [7, 11) is 1.40. The first-order valence-electron chi connectivity index (χ1n) is 10.4. The topological polar surface area (TPSA) is 55.8 Å². The normalized spacial score (nSPS) is 18.4. The van der Waals surface area contributed by atoms with Crippen LogP contribution in [0.1, 0.15) is 47.7 Å². The summed E-state index contributed by atoms with van der Waals surface area (Å²) >= 11 is 8.10. The molecule has 0 bridgehead atoms. The maximum absolute atomic E-state index is 12.8. The molecule has 1 atom stereocenters. The average Bonchev–Trinajstić information content (AvgIpc) is 3.10. The van der Waals surface area contributed by atoms with E-state index in [0.29, 0.717) is 24.7 Å². The summed E-state index contributed by atoms with van der Waals surface area (Å²) in [5.41, 5.74) is 3.33. The summed E-state index contributed by atoms with van der Waals surface area (Å²) in [6.45, 7) is 7.49. The molecule has 7 heteroatoms. The van der Waals surface area contributed by atoms with Crippen molar-refractivity contribution >= 4 is 34.9 Å². The summed E-state index contributed by atoms with van der Waals surface area (Å²) in [6.07, 6.45) is 0.801. The van der Waals surface area contributed by atoms with Crippen molar-refractivity contribution in [1.82, 2.24) is 4.90 Å². The van der Waals surface area contributed by atoms with Crippen molar-refractivity contribution in [2.45, 2.75) is 45.2 Å². The molecule has 4 rings (SSSR count). The number of rotatable bonds is 6. The molecule has 1 aliphatic heterocycles. The van der Waals surface area contributed by atoms with Crippen molar-refractivity contribution in [1.29, 1.82) is 0 Å². The van der Waals surface area contributed by atoms with Crippen LogP contribution < -0.4 is 0 Å². The van der Waals surface area contributed by atoms with E-state index in [1.165, 1.54) is 12.0 Å². The van der Waals surface area contributed by atoms with Gasteiger partial charge >= 0.3 is 11.9 Å². The molecule has 2 aromatic rings. The van der Waals surface area contributed by atoms with Crippen LogP contribution in [0.3, 0.4) is 0 Å². The molecule has 0 amide bonds. The zero-order valence-corrected chi connectivity index (χ0v) is 19.7. The fraction of sp³-hybridized carbons (Fsp3) is 0.417. The van der Waals surface area contributed by atoms with E-state index >= 15 is 0 Å². The molecule has 0 fully saturated rings. The van der Waals surface area contributed by atoms with Crippen LogP contribution in [0, 0.1) is 0 Å². The summed E-state index contributed by atoms with van der Waals surface area (Å²) in [5, 5.41) is 0.546. The number of thiophene rings is 1. The van der Waals surface area contributed by atoms with E-state index in [4.69, 9.17) is 21.1 Å². The second-order valence-electron chi connectivity index (χ2n) is 7.95. The van der Waals surface area contributed by atoms with Crippen molar-refractivity contribution < 1.29 is 19.1 Å². The number of fused-ring (bicyclic) bond motifs is 1. The predicted molar refractivity (Wildman–Crippen MR) is 121 cm³/mol. The predicted octanol–water partition coefficient (Wildman–Crippen LogP) is 4.82. The second kappa shape index (κ2) is 8.41. The highest BCUT2D eigenvalue weighted by atomic mass is 35.5. The van der Waals surface area contributed by atoms with Crippen LogP contribution in [0.5, 0.6) is 0 Å². The Morgan fingerprint density at radius 3 is 2.58 bits per heavy atom. The van der Waals surface area contributed by atoms with Crippen molar-refractivity contribution in [3.8, 4) is 0 Å². The molecule has 2 aliphatic rings. The van der Waals surface area contributed by atoms with Gasteiger partial charge in [0.1, 0.15) is 11.5 Å². The lowest BCUT2D eigenvalue weighted by Gasteiger charge is -2.33. The molecule has 1 aromatic carbocycles. The van der Waals surface area contributed by atoms with Gasteiger partial charge in [-0.2, -0.15) is 0 Å². The van der Waals surface area contributed by atoms with Crippen LogP contribution >= 0.6 is 22.9 Å². The molecule has 0 saturated heterocycles. The number of esters is 2. The van der Waals surface area contributed by atoms with E-state index in [-0.39, 0.29) is 11.9 Å². The fourth-order valence-corrected chi connectivity index (χ4v) is 6.32. The number of methoxy groups -OCH3 is 1. The van der Waals surface area contributed by atoms with E-state index in [2.05, 4.69) is 11.0 Å². The fourth-order valence-electron chi connectivity index (χ4n) is 4.62. The van der Waals surface area contributed by atoms with E-state index < -0.39 is 11.5 Å². The van der Waals surface area contributed by atoms with Gasteiger partial charge in [-0.05, 0) is 61.6 Å². The highest BCUT2D eigenvalue weighted by Gasteiger charge is 2.58. The molecule has 1 unspecified atom stereocenters. The number of hydrogen-bond donors (Lipinski definition) is 0. The standard InChI is InChI=1S/C24H26ClNO4S/c1-5-30-23(28)24(14(2)15(24)3)20-12-16-13-26(11-10-19(16)31-20)21(22(27)29-4)17-8-6-7-9-18(17)25/h6-9,12,21H,5,10-11,13H2,1-4H3. The van der Waals surface area contributed by atoms with Crippen LogP contribution in [0.4, 0.5) is 0 Å². The van der Waals surface area contributed by atoms with E-state index in [0.717, 1.165) is 33.6 Å². The lowest BCUT2D eigenvalue weighted by atomic mass is 9.94. The van der Waals surface area contributed by atoms with Gasteiger partial charge in [0, 0.05) is 27.9 Å². The van der Waals surface area contributed by atoms with Gasteiger partial charge in [0.05, 0.1) is 13.7 Å². The number of hydrogen-bond acceptors (Lipinski definition) is 6. The SMILES string of the molecule is CCOC(=O)C1(c2cc3c(s2)CCN(C(C(=O)OC)c2ccccc2Cl)C3)C(C)=C1C. The number of benzene rings is 1. The Hall–Kier alpha value is -2.15. The van der Waals surface area contributed by atoms with Crippen LogP contribution in [-0.2, 0) is 37.4 Å². The third-order valence-corrected chi connectivity index (χ3v) is 8.16. The Labute approximate surface area is 191 Å². The largest absolute Gasteiger partial charge is 0.468 e. The van der Waals surface area contributed by atoms with Crippen molar-refractivity contribution in [2.75, 3.05) is 20.3 Å². The number of carbonyl (C=O) groups is 2. The Morgan fingerprint density at radius 1 is 1.26 bits per heavy atom. The maximum Gasteiger partial charge on any atom is 0.327 e. The van der Waals surface area contributed by atoms with Gasteiger partial charge in [0.2, 0.25) is 0 Å². The highest BCUT2D eigenvalue weighted by molar-refractivity contribution is 7.12. The van der Waals surface area contributed by atoms with Gasteiger partial charge in [-0.1, -0.05) is 29.8 Å². The zero-order chi connectivity index (χ0) is 22.3. The molecular formula is C24H26ClNO4S.